The first-order valence-corrected chi connectivity index (χ1v) is 6.01. The number of halogens is 1. The van der Waals surface area contributed by atoms with Crippen molar-refractivity contribution in [2.75, 3.05) is 0 Å². The Balaban J connectivity index is 2.61. The lowest BCUT2D eigenvalue weighted by atomic mass is 9.97. The van der Waals surface area contributed by atoms with Gasteiger partial charge in [0.05, 0.1) is 0 Å². The molecule has 0 saturated heterocycles. The minimum Gasteiger partial charge on any atom is -0.218 e. The molecule has 0 spiro atoms. The Morgan fingerprint density at radius 3 is 2.81 bits per heavy atom. The van der Waals surface area contributed by atoms with Gasteiger partial charge in [0, 0.05) is 17.0 Å². The maximum atomic E-state index is 6.24. The van der Waals surface area contributed by atoms with E-state index in [1.807, 2.05) is 17.5 Å². The number of hydrogen-bond donors (Lipinski definition) is 0. The van der Waals surface area contributed by atoms with Crippen molar-refractivity contribution in [2.24, 2.45) is 0 Å². The lowest BCUT2D eigenvalue weighted by Gasteiger charge is -2.19. The van der Waals surface area contributed by atoms with Crippen molar-refractivity contribution in [3.8, 4) is 0 Å². The van der Waals surface area contributed by atoms with Crippen molar-refractivity contribution in [2.45, 2.75) is 38.5 Å². The van der Waals surface area contributed by atoms with E-state index in [-0.39, 0.29) is 5.38 Å². The smallest absolute Gasteiger partial charge is 0.155 e. The molecule has 0 amide bonds. The van der Waals surface area contributed by atoms with Crippen molar-refractivity contribution in [3.63, 3.8) is 0 Å². The first-order valence-electron chi connectivity index (χ1n) is 5.57. The summed E-state index contributed by atoms with van der Waals surface area (Å²) < 4.78 is 1.89. The molecule has 0 bridgehead atoms. The van der Waals surface area contributed by atoms with E-state index < -0.39 is 0 Å². The number of aromatic nitrogens is 3. The van der Waals surface area contributed by atoms with E-state index in [0.717, 1.165) is 17.8 Å². The Labute approximate surface area is 100 Å². The molecular weight excluding hydrogens is 222 g/mol. The average Bonchev–Trinajstić information content (AvgIpc) is 2.65. The van der Waals surface area contributed by atoms with Crippen LogP contribution in [0.2, 0.25) is 0 Å². The van der Waals surface area contributed by atoms with Gasteiger partial charge in [0.2, 0.25) is 0 Å². The number of rotatable bonds is 3. The molecule has 0 aliphatic heterocycles. The minimum atomic E-state index is 0.0965. The molecule has 0 N–H and O–H groups in total. The number of alkyl halides is 1. The first kappa shape index (κ1) is 11.4. The summed E-state index contributed by atoms with van der Waals surface area (Å²) in [7, 11) is 0. The molecule has 4 heteroatoms. The molecule has 0 radical (unpaired) electrons. The fraction of sp³-hybridized carbons (Fsp3) is 0.500. The Morgan fingerprint density at radius 2 is 2.19 bits per heavy atom. The second kappa shape index (κ2) is 4.42. The van der Waals surface area contributed by atoms with Crippen LogP contribution in [0.25, 0.3) is 5.65 Å². The predicted molar refractivity (Wildman–Crippen MR) is 66.1 cm³/mol. The SMILES string of the molecule is CCC(c1cc(C)cc2ncnn12)C(C)Cl. The van der Waals surface area contributed by atoms with E-state index in [9.17, 15) is 0 Å². The van der Waals surface area contributed by atoms with Gasteiger partial charge >= 0.3 is 0 Å². The minimum absolute atomic E-state index is 0.0965. The summed E-state index contributed by atoms with van der Waals surface area (Å²) in [5.41, 5.74) is 3.24. The van der Waals surface area contributed by atoms with Crippen molar-refractivity contribution >= 4 is 17.2 Å². The maximum Gasteiger partial charge on any atom is 0.155 e. The quantitative estimate of drug-likeness (QED) is 0.768. The summed E-state index contributed by atoms with van der Waals surface area (Å²) in [4.78, 5) is 4.22. The van der Waals surface area contributed by atoms with Crippen LogP contribution in [0.4, 0.5) is 0 Å². The number of aryl methyl sites for hydroxylation is 1. The zero-order chi connectivity index (χ0) is 11.7. The van der Waals surface area contributed by atoms with E-state index in [1.54, 1.807) is 6.33 Å². The predicted octanol–water partition coefficient (Wildman–Crippen LogP) is 3.16. The molecular formula is C12H16ClN3. The summed E-state index contributed by atoms with van der Waals surface area (Å²) in [6, 6.07) is 4.18. The molecule has 0 aromatic carbocycles. The van der Waals surface area contributed by atoms with Crippen LogP contribution in [0.5, 0.6) is 0 Å². The van der Waals surface area contributed by atoms with Gasteiger partial charge in [-0.1, -0.05) is 6.92 Å². The van der Waals surface area contributed by atoms with Crippen LogP contribution in [-0.2, 0) is 0 Å². The van der Waals surface area contributed by atoms with Gasteiger partial charge < -0.3 is 0 Å². The van der Waals surface area contributed by atoms with E-state index in [1.165, 1.54) is 5.56 Å². The number of nitrogens with zero attached hydrogens (tertiary/aromatic N) is 3. The maximum absolute atomic E-state index is 6.24. The Bertz CT molecular complexity index is 490. The van der Waals surface area contributed by atoms with Crippen LogP contribution in [-0.4, -0.2) is 20.0 Å². The van der Waals surface area contributed by atoms with Gasteiger partial charge in [-0.25, -0.2) is 9.50 Å². The normalized spacial score (nSPS) is 15.2. The summed E-state index contributed by atoms with van der Waals surface area (Å²) in [6.07, 6.45) is 2.59. The van der Waals surface area contributed by atoms with Crippen molar-refractivity contribution in [1.82, 2.24) is 14.6 Å². The highest BCUT2D eigenvalue weighted by Gasteiger charge is 2.19. The highest BCUT2D eigenvalue weighted by atomic mass is 35.5. The third-order valence-electron chi connectivity index (χ3n) is 2.93. The molecule has 16 heavy (non-hydrogen) atoms. The van der Waals surface area contributed by atoms with E-state index in [0.29, 0.717) is 5.92 Å². The Kier molecular flexibility index (Phi) is 3.15. The molecule has 0 aliphatic rings. The van der Waals surface area contributed by atoms with Gasteiger partial charge in [-0.15, -0.1) is 11.6 Å². The van der Waals surface area contributed by atoms with Gasteiger partial charge in [-0.2, -0.15) is 5.10 Å². The van der Waals surface area contributed by atoms with Crippen LogP contribution in [0.3, 0.4) is 0 Å². The van der Waals surface area contributed by atoms with Crippen molar-refractivity contribution in [1.29, 1.82) is 0 Å². The van der Waals surface area contributed by atoms with Gasteiger partial charge in [0.25, 0.3) is 0 Å². The van der Waals surface area contributed by atoms with Crippen LogP contribution >= 0.6 is 11.6 Å². The molecule has 0 saturated carbocycles. The molecule has 86 valence electrons. The van der Waals surface area contributed by atoms with E-state index >= 15 is 0 Å². The van der Waals surface area contributed by atoms with Crippen molar-refractivity contribution < 1.29 is 0 Å². The lowest BCUT2D eigenvalue weighted by Crippen LogP contribution is -2.13. The molecule has 2 rings (SSSR count). The number of pyridine rings is 1. The second-order valence-electron chi connectivity index (χ2n) is 4.18. The van der Waals surface area contributed by atoms with Crippen LogP contribution in [0, 0.1) is 6.92 Å². The molecule has 0 aliphatic carbocycles. The topological polar surface area (TPSA) is 30.2 Å². The number of hydrogen-bond acceptors (Lipinski definition) is 2. The average molecular weight is 238 g/mol. The highest BCUT2D eigenvalue weighted by molar-refractivity contribution is 6.20. The zero-order valence-electron chi connectivity index (χ0n) is 9.81. The molecule has 2 aromatic rings. The van der Waals surface area contributed by atoms with Crippen molar-refractivity contribution in [3.05, 3.63) is 29.7 Å². The number of fused-ring (bicyclic) bond motifs is 1. The fourth-order valence-electron chi connectivity index (χ4n) is 2.12. The van der Waals surface area contributed by atoms with Gasteiger partial charge in [0.1, 0.15) is 6.33 Å². The molecule has 2 aromatic heterocycles. The Hall–Kier alpha value is -1.09. The van der Waals surface area contributed by atoms with E-state index in [4.69, 9.17) is 11.6 Å². The standard InChI is InChI=1S/C12H16ClN3/c1-4-10(9(3)13)11-5-8(2)6-12-14-7-15-16(11)12/h5-7,9-10H,4H2,1-3H3. The lowest BCUT2D eigenvalue weighted by molar-refractivity contribution is 0.608. The van der Waals surface area contributed by atoms with E-state index in [2.05, 4.69) is 30.0 Å². The second-order valence-corrected chi connectivity index (χ2v) is 4.87. The van der Waals surface area contributed by atoms with Gasteiger partial charge in [0.15, 0.2) is 5.65 Å². The van der Waals surface area contributed by atoms with Crippen LogP contribution < -0.4 is 0 Å². The first-order chi connectivity index (χ1) is 7.63. The third-order valence-corrected chi connectivity index (χ3v) is 3.23. The highest BCUT2D eigenvalue weighted by Crippen LogP contribution is 2.27. The molecule has 0 fully saturated rings. The summed E-state index contributed by atoms with van der Waals surface area (Å²) in [5, 5.41) is 4.35. The monoisotopic (exact) mass is 237 g/mol. The molecule has 2 heterocycles. The van der Waals surface area contributed by atoms with Gasteiger partial charge in [-0.3, -0.25) is 0 Å². The molecule has 3 nitrogen and oxygen atoms in total. The summed E-state index contributed by atoms with van der Waals surface area (Å²) >= 11 is 6.24. The van der Waals surface area contributed by atoms with Crippen LogP contribution in [0.1, 0.15) is 37.4 Å². The zero-order valence-corrected chi connectivity index (χ0v) is 10.6. The fourth-order valence-corrected chi connectivity index (χ4v) is 2.43. The van der Waals surface area contributed by atoms with Gasteiger partial charge in [-0.05, 0) is 38.0 Å². The molecule has 2 unspecified atom stereocenters. The summed E-state index contributed by atoms with van der Waals surface area (Å²) in [6.45, 7) is 6.25. The third kappa shape index (κ3) is 1.92. The summed E-state index contributed by atoms with van der Waals surface area (Å²) in [5.74, 6) is 0.311. The Morgan fingerprint density at radius 1 is 1.44 bits per heavy atom. The largest absolute Gasteiger partial charge is 0.218 e. The van der Waals surface area contributed by atoms with Crippen LogP contribution in [0.15, 0.2) is 18.5 Å². The molecule has 2 atom stereocenters.